The number of nitro benzene ring substituents is 1. The molecule has 0 radical (unpaired) electrons. The lowest BCUT2D eigenvalue weighted by molar-refractivity contribution is -0.384. The molecule has 3 rings (SSSR count). The fraction of sp³-hybridized carbons (Fsp3) is 0.333. The highest BCUT2D eigenvalue weighted by molar-refractivity contribution is 7.92. The molecule has 11 nitrogen and oxygen atoms in total. The van der Waals surface area contributed by atoms with Gasteiger partial charge in [-0.2, -0.15) is 0 Å². The summed E-state index contributed by atoms with van der Waals surface area (Å²) >= 11 is 12.6. The number of carbonyl (C=O) groups excluding carboxylic acids is 2. The molecular formula is C30H34Cl2N4O7S. The first-order valence-corrected chi connectivity index (χ1v) is 16.2. The molecule has 0 saturated carbocycles. The van der Waals surface area contributed by atoms with Crippen LogP contribution in [0.4, 0.5) is 11.4 Å². The summed E-state index contributed by atoms with van der Waals surface area (Å²) in [5, 5.41) is 15.0. The van der Waals surface area contributed by atoms with E-state index in [-0.39, 0.29) is 35.3 Å². The molecule has 1 N–H and O–H groups in total. The topological polar surface area (TPSA) is 139 Å². The number of ether oxygens (including phenoxy) is 1. The molecule has 0 spiro atoms. The lowest BCUT2D eigenvalue weighted by Crippen LogP contribution is -2.53. The lowest BCUT2D eigenvalue weighted by atomic mass is 10.0. The van der Waals surface area contributed by atoms with Crippen molar-refractivity contribution in [3.05, 3.63) is 98.0 Å². The molecule has 14 heteroatoms. The summed E-state index contributed by atoms with van der Waals surface area (Å²) in [6, 6.07) is 16.1. The van der Waals surface area contributed by atoms with Gasteiger partial charge in [-0.3, -0.25) is 24.0 Å². The summed E-state index contributed by atoms with van der Waals surface area (Å²) in [4.78, 5) is 40.1. The number of nitrogens with zero attached hydrogens (tertiary/aromatic N) is 3. The second kappa shape index (κ2) is 15.2. The largest absolute Gasteiger partial charge is 0.495 e. The zero-order chi connectivity index (χ0) is 32.6. The monoisotopic (exact) mass is 664 g/mol. The average molecular weight is 666 g/mol. The quantitative estimate of drug-likeness (QED) is 0.187. The van der Waals surface area contributed by atoms with E-state index in [4.69, 9.17) is 27.9 Å². The molecule has 0 aromatic heterocycles. The van der Waals surface area contributed by atoms with Gasteiger partial charge in [-0.1, -0.05) is 73.4 Å². The van der Waals surface area contributed by atoms with Crippen LogP contribution < -0.4 is 14.4 Å². The molecule has 0 unspecified atom stereocenters. The van der Waals surface area contributed by atoms with Crippen LogP contribution in [-0.2, 0) is 32.6 Å². The zero-order valence-corrected chi connectivity index (χ0v) is 27.0. The van der Waals surface area contributed by atoms with Crippen molar-refractivity contribution in [2.75, 3.05) is 30.8 Å². The molecule has 0 aliphatic carbocycles. The normalized spacial score (nSPS) is 12.0. The highest BCUT2D eigenvalue weighted by Crippen LogP contribution is 2.34. The molecular weight excluding hydrogens is 631 g/mol. The first-order chi connectivity index (χ1) is 20.7. The van der Waals surface area contributed by atoms with Crippen LogP contribution in [0.2, 0.25) is 10.0 Å². The second-order valence-corrected chi connectivity index (χ2v) is 13.2. The SMILES string of the molecule is COc1ccc([N+](=O)[O-])cc1N(CC(=O)N(Cc1ccc(Cl)cc1Cl)[C@H](Cc1ccccc1)C(=O)NCC(C)C)S(C)(=O)=O. The third kappa shape index (κ3) is 9.31. The van der Waals surface area contributed by atoms with Crippen LogP contribution in [0.5, 0.6) is 5.75 Å². The summed E-state index contributed by atoms with van der Waals surface area (Å²) in [7, 11) is -2.92. The molecule has 0 aliphatic heterocycles. The fourth-order valence-corrected chi connectivity index (χ4v) is 5.70. The van der Waals surface area contributed by atoms with Gasteiger partial charge in [-0.15, -0.1) is 0 Å². The summed E-state index contributed by atoms with van der Waals surface area (Å²) in [5.41, 5.74) is 0.628. The second-order valence-electron chi connectivity index (χ2n) is 10.5. The van der Waals surface area contributed by atoms with Crippen molar-refractivity contribution in [2.24, 2.45) is 5.92 Å². The van der Waals surface area contributed by atoms with Gasteiger partial charge in [0.05, 0.1) is 18.3 Å². The molecule has 0 heterocycles. The Morgan fingerprint density at radius 1 is 1.05 bits per heavy atom. The van der Waals surface area contributed by atoms with Gasteiger partial charge >= 0.3 is 0 Å². The highest BCUT2D eigenvalue weighted by Gasteiger charge is 2.34. The van der Waals surface area contributed by atoms with E-state index in [1.807, 2.05) is 32.0 Å². The number of nitrogens with one attached hydrogen (secondary N) is 1. The Bertz CT molecular complexity index is 1600. The number of non-ortho nitro benzene ring substituents is 1. The van der Waals surface area contributed by atoms with Crippen LogP contribution in [0.3, 0.4) is 0 Å². The average Bonchev–Trinajstić information content (AvgIpc) is 2.96. The van der Waals surface area contributed by atoms with E-state index >= 15 is 0 Å². The van der Waals surface area contributed by atoms with E-state index in [1.165, 1.54) is 24.1 Å². The van der Waals surface area contributed by atoms with Crippen molar-refractivity contribution >= 4 is 56.4 Å². The third-order valence-corrected chi connectivity index (χ3v) is 8.35. The zero-order valence-electron chi connectivity index (χ0n) is 24.7. The van der Waals surface area contributed by atoms with E-state index in [1.54, 1.807) is 24.3 Å². The van der Waals surface area contributed by atoms with E-state index in [9.17, 15) is 28.1 Å². The number of sulfonamides is 1. The number of nitro groups is 1. The maximum absolute atomic E-state index is 14.2. The van der Waals surface area contributed by atoms with Gasteiger partial charge < -0.3 is 15.0 Å². The van der Waals surface area contributed by atoms with Crippen LogP contribution in [0.25, 0.3) is 0 Å². The van der Waals surface area contributed by atoms with Crippen molar-refractivity contribution in [1.29, 1.82) is 0 Å². The molecule has 0 bridgehead atoms. The Morgan fingerprint density at radius 3 is 2.30 bits per heavy atom. The van der Waals surface area contributed by atoms with E-state index in [2.05, 4.69) is 5.32 Å². The maximum atomic E-state index is 14.2. The molecule has 0 saturated heterocycles. The Kier molecular flexibility index (Phi) is 12.0. The van der Waals surface area contributed by atoms with Crippen LogP contribution in [0, 0.1) is 16.0 Å². The minimum Gasteiger partial charge on any atom is -0.495 e. The number of hydrogen-bond donors (Lipinski definition) is 1. The maximum Gasteiger partial charge on any atom is 0.271 e. The summed E-state index contributed by atoms with van der Waals surface area (Å²) < 4.78 is 32.2. The number of carbonyl (C=O) groups is 2. The Morgan fingerprint density at radius 2 is 1.73 bits per heavy atom. The molecule has 44 heavy (non-hydrogen) atoms. The van der Waals surface area contributed by atoms with Crippen LogP contribution in [-0.4, -0.2) is 62.6 Å². The summed E-state index contributed by atoms with van der Waals surface area (Å²) in [6.07, 6.45) is 0.983. The number of hydrogen-bond acceptors (Lipinski definition) is 7. The van der Waals surface area contributed by atoms with Crippen LogP contribution >= 0.6 is 23.2 Å². The van der Waals surface area contributed by atoms with E-state index < -0.39 is 45.0 Å². The molecule has 0 fully saturated rings. The van der Waals surface area contributed by atoms with Crippen LogP contribution in [0.15, 0.2) is 66.7 Å². The van der Waals surface area contributed by atoms with Gasteiger partial charge in [-0.25, -0.2) is 8.42 Å². The Labute approximate surface area is 266 Å². The fourth-order valence-electron chi connectivity index (χ4n) is 4.39. The molecule has 3 aromatic carbocycles. The minimum atomic E-state index is -4.20. The van der Waals surface area contributed by atoms with Crippen molar-refractivity contribution in [1.82, 2.24) is 10.2 Å². The third-order valence-electron chi connectivity index (χ3n) is 6.63. The molecule has 2 amide bonds. The molecule has 3 aromatic rings. The first kappa shape index (κ1) is 34.6. The van der Waals surface area contributed by atoms with E-state index in [0.717, 1.165) is 28.3 Å². The van der Waals surface area contributed by atoms with Gasteiger partial charge in [-0.05, 0) is 35.2 Å². The Hall–Kier alpha value is -3.87. The predicted molar refractivity (Wildman–Crippen MR) is 171 cm³/mol. The smallest absolute Gasteiger partial charge is 0.271 e. The van der Waals surface area contributed by atoms with E-state index in [0.29, 0.717) is 17.1 Å². The van der Waals surface area contributed by atoms with Crippen molar-refractivity contribution in [2.45, 2.75) is 32.9 Å². The number of benzene rings is 3. The standard InChI is InChI=1S/C30H34Cl2N4O7S/c1-20(2)17-33-30(38)27(14-21-8-6-5-7-9-21)34(18-22-10-11-23(31)15-25(22)32)29(37)19-35(44(4,41)42)26-16-24(36(39)40)12-13-28(26)43-3/h5-13,15-16,20,27H,14,17-19H2,1-4H3,(H,33,38)/t27-/m1/s1. The minimum absolute atomic E-state index is 0.00312. The van der Waals surface area contributed by atoms with Gasteiger partial charge in [0.1, 0.15) is 24.0 Å². The molecule has 1 atom stereocenters. The summed E-state index contributed by atoms with van der Waals surface area (Å²) in [6.45, 7) is 3.25. The predicted octanol–water partition coefficient (Wildman–Crippen LogP) is 5.09. The number of rotatable bonds is 14. The van der Waals surface area contributed by atoms with Crippen molar-refractivity contribution < 1.29 is 27.7 Å². The van der Waals surface area contributed by atoms with Gasteiger partial charge in [0, 0.05) is 41.7 Å². The van der Waals surface area contributed by atoms with Crippen molar-refractivity contribution in [3.8, 4) is 5.75 Å². The summed E-state index contributed by atoms with van der Waals surface area (Å²) in [5.74, 6) is -1.08. The number of anilines is 1. The highest BCUT2D eigenvalue weighted by atomic mass is 35.5. The molecule has 236 valence electrons. The van der Waals surface area contributed by atoms with Gasteiger partial charge in [0.15, 0.2) is 0 Å². The number of amides is 2. The van der Waals surface area contributed by atoms with Gasteiger partial charge in [0.2, 0.25) is 21.8 Å². The van der Waals surface area contributed by atoms with Gasteiger partial charge in [0.25, 0.3) is 5.69 Å². The lowest BCUT2D eigenvalue weighted by Gasteiger charge is -2.34. The van der Waals surface area contributed by atoms with Crippen molar-refractivity contribution in [3.63, 3.8) is 0 Å². The van der Waals surface area contributed by atoms with Crippen LogP contribution in [0.1, 0.15) is 25.0 Å². The number of halogens is 2. The molecule has 0 aliphatic rings. The number of methoxy groups -OCH3 is 1. The first-order valence-electron chi connectivity index (χ1n) is 13.6. The Balaban J connectivity index is 2.15.